The molecule has 1 aliphatic heterocycles. The lowest BCUT2D eigenvalue weighted by atomic mass is 9.81. The summed E-state index contributed by atoms with van der Waals surface area (Å²) in [5, 5.41) is 0. The molecule has 0 aromatic carbocycles. The van der Waals surface area contributed by atoms with Crippen LogP contribution in [0.2, 0.25) is 0 Å². The highest BCUT2D eigenvalue weighted by molar-refractivity contribution is 7.97. The molecule has 16 heavy (non-hydrogen) atoms. The summed E-state index contributed by atoms with van der Waals surface area (Å²) in [4.78, 5) is 22.0. The van der Waals surface area contributed by atoms with Gasteiger partial charge in [0.2, 0.25) is 0 Å². The summed E-state index contributed by atoms with van der Waals surface area (Å²) in [7, 11) is 0. The lowest BCUT2D eigenvalue weighted by molar-refractivity contribution is -0.153. The van der Waals surface area contributed by atoms with E-state index in [2.05, 4.69) is 29.6 Å². The highest BCUT2D eigenvalue weighted by Crippen LogP contribution is 2.36. The van der Waals surface area contributed by atoms with Crippen molar-refractivity contribution in [3.8, 4) is 0 Å². The Morgan fingerprint density at radius 2 is 1.50 bits per heavy atom. The Balaban J connectivity index is 0.000000394. The van der Waals surface area contributed by atoms with E-state index in [-0.39, 0.29) is 23.8 Å². The van der Waals surface area contributed by atoms with Gasteiger partial charge in [0.25, 0.3) is 0 Å². The molecule has 0 bridgehead atoms. The summed E-state index contributed by atoms with van der Waals surface area (Å²) in [5.41, 5.74) is 0. The number of rotatable bonds is 0. The lowest BCUT2D eigenvalue weighted by Gasteiger charge is -2.18. The van der Waals surface area contributed by atoms with Gasteiger partial charge in [-0.2, -0.15) is 4.70 Å². The molecule has 0 aromatic rings. The number of thiocarbonyl (C=S) groups is 1. The molecule has 1 aliphatic carbocycles. The van der Waals surface area contributed by atoms with E-state index in [1.165, 1.54) is 4.70 Å². The van der Waals surface area contributed by atoms with Crippen LogP contribution < -0.4 is 0 Å². The molecule has 92 valence electrons. The van der Waals surface area contributed by atoms with Gasteiger partial charge in [-0.3, -0.25) is 9.59 Å². The smallest absolute Gasteiger partial charge is 0.317 e. The average molecular weight is 261 g/mol. The number of hydrogen-bond donors (Lipinski definition) is 0. The maximum atomic E-state index is 11.0. The molecule has 0 N–H and O–H groups in total. The summed E-state index contributed by atoms with van der Waals surface area (Å²) in [6, 6.07) is 0. The molecule has 0 amide bonds. The zero-order chi connectivity index (χ0) is 12.6. The minimum atomic E-state index is -0.292. The van der Waals surface area contributed by atoms with Gasteiger partial charge < -0.3 is 29.6 Å². The summed E-state index contributed by atoms with van der Waals surface area (Å²) in [5.74, 6) is -0.785. The van der Waals surface area contributed by atoms with Crippen molar-refractivity contribution in [2.75, 3.05) is 0 Å². The number of carbonyl (C=O) groups is 2. The van der Waals surface area contributed by atoms with Crippen molar-refractivity contribution in [3.05, 3.63) is 0 Å². The summed E-state index contributed by atoms with van der Waals surface area (Å²) >= 11 is 8.17. The molecule has 1 heterocycles. The predicted octanol–water partition coefficient (Wildman–Crippen LogP) is 2.39. The minimum Gasteiger partial charge on any atom is -0.436 e. The number of ether oxygens (including phenoxy) is 1. The molecule has 5 heteroatoms. The fourth-order valence-electron chi connectivity index (χ4n) is 1.95. The van der Waals surface area contributed by atoms with Crippen LogP contribution in [0.5, 0.6) is 0 Å². The van der Waals surface area contributed by atoms with Gasteiger partial charge in [0, 0.05) is 0 Å². The molecule has 2 atom stereocenters. The predicted molar refractivity (Wildman–Crippen MR) is 68.9 cm³/mol. The van der Waals surface area contributed by atoms with Gasteiger partial charge in [-0.15, -0.1) is 0 Å². The molecule has 2 fully saturated rings. The molecule has 2 aliphatic rings. The third kappa shape index (κ3) is 4.14. The zero-order valence-electron chi connectivity index (χ0n) is 9.60. The fraction of sp³-hybridized carbons (Fsp3) is 0.727. The average Bonchev–Trinajstić information content (AvgIpc) is 2.60. The van der Waals surface area contributed by atoms with Crippen molar-refractivity contribution >= 4 is 41.5 Å². The largest absolute Gasteiger partial charge is 0.436 e. The highest BCUT2D eigenvalue weighted by atomic mass is 32.1. The number of carbonyl (C=O) groups excluding carboxylic acids is 2. The van der Waals surface area contributed by atoms with E-state index in [9.17, 15) is 9.59 Å². The monoisotopic (exact) mass is 261 g/mol. The molecule has 1 saturated carbocycles. The SMILES string of the molecule is CC.O=C1OC(=O)C2CCCCC12.S=C[S-]. The molecule has 1 saturated heterocycles. The van der Waals surface area contributed by atoms with Crippen LogP contribution in [-0.4, -0.2) is 16.6 Å². The topological polar surface area (TPSA) is 43.4 Å². The second kappa shape index (κ2) is 8.58. The fourth-order valence-corrected chi connectivity index (χ4v) is 1.95. The van der Waals surface area contributed by atoms with Gasteiger partial charge in [-0.05, 0) is 12.8 Å². The van der Waals surface area contributed by atoms with E-state index in [0.29, 0.717) is 0 Å². The van der Waals surface area contributed by atoms with Gasteiger partial charge >= 0.3 is 11.9 Å². The first-order chi connectivity index (χ1) is 7.70. The van der Waals surface area contributed by atoms with Crippen molar-refractivity contribution in [2.24, 2.45) is 11.8 Å². The van der Waals surface area contributed by atoms with E-state index < -0.39 is 0 Å². The van der Waals surface area contributed by atoms with Crippen LogP contribution in [0.4, 0.5) is 0 Å². The van der Waals surface area contributed by atoms with Crippen LogP contribution in [0.3, 0.4) is 0 Å². The third-order valence-corrected chi connectivity index (χ3v) is 2.57. The first-order valence-corrected chi connectivity index (χ1v) is 6.46. The maximum absolute atomic E-state index is 11.0. The Labute approximate surface area is 107 Å². The van der Waals surface area contributed by atoms with E-state index >= 15 is 0 Å². The molecular formula is C11H17O3S2-. The van der Waals surface area contributed by atoms with Crippen LogP contribution in [0.15, 0.2) is 0 Å². The number of hydrogen-bond acceptors (Lipinski definition) is 5. The van der Waals surface area contributed by atoms with Crippen molar-refractivity contribution < 1.29 is 14.3 Å². The van der Waals surface area contributed by atoms with Crippen LogP contribution in [0.25, 0.3) is 0 Å². The first kappa shape index (κ1) is 15.4. The van der Waals surface area contributed by atoms with E-state index in [0.717, 1.165) is 25.7 Å². The molecule has 3 nitrogen and oxygen atoms in total. The normalized spacial score (nSPS) is 26.4. The van der Waals surface area contributed by atoms with Crippen molar-refractivity contribution in [1.82, 2.24) is 0 Å². The number of fused-ring (bicyclic) bond motifs is 1. The van der Waals surface area contributed by atoms with Crippen molar-refractivity contribution in [2.45, 2.75) is 39.5 Å². The minimum absolute atomic E-state index is 0.101. The van der Waals surface area contributed by atoms with Gasteiger partial charge in [-0.1, -0.05) is 26.7 Å². The molecule has 2 unspecified atom stereocenters. The Kier molecular flexibility index (Phi) is 8.29. The van der Waals surface area contributed by atoms with E-state index in [4.69, 9.17) is 0 Å². The molecule has 0 aromatic heterocycles. The molecule has 2 rings (SSSR count). The number of esters is 2. The van der Waals surface area contributed by atoms with Crippen LogP contribution >= 0.6 is 12.2 Å². The highest BCUT2D eigenvalue weighted by Gasteiger charge is 2.44. The van der Waals surface area contributed by atoms with Crippen LogP contribution in [-0.2, 0) is 27.0 Å². The second-order valence-electron chi connectivity index (χ2n) is 3.33. The Morgan fingerprint density at radius 3 is 1.81 bits per heavy atom. The molecular weight excluding hydrogens is 244 g/mol. The second-order valence-corrected chi connectivity index (χ2v) is 4.10. The maximum Gasteiger partial charge on any atom is 0.317 e. The summed E-state index contributed by atoms with van der Waals surface area (Å²) in [6.45, 7) is 4.00. The van der Waals surface area contributed by atoms with Crippen molar-refractivity contribution in [3.63, 3.8) is 0 Å². The lowest BCUT2D eigenvalue weighted by Crippen LogP contribution is -2.21. The van der Waals surface area contributed by atoms with Gasteiger partial charge in [0.05, 0.1) is 11.8 Å². The van der Waals surface area contributed by atoms with E-state index in [1.807, 2.05) is 13.8 Å². The van der Waals surface area contributed by atoms with Crippen LogP contribution in [0, 0.1) is 11.8 Å². The first-order valence-electron chi connectivity index (χ1n) is 5.52. The number of cyclic esters (lactones) is 2. The summed E-state index contributed by atoms with van der Waals surface area (Å²) < 4.78 is 5.70. The van der Waals surface area contributed by atoms with E-state index in [1.54, 1.807) is 0 Å². The Hall–Kier alpha value is -0.550. The standard InChI is InChI=1S/C8H10O3.C2H6.CH2S2/c9-7-5-3-1-2-4-6(5)8(10)11-7;1-2;2-1-3/h5-6H,1-4H2;1-2H3;1H,(H,2,3)/p-1. The van der Waals surface area contributed by atoms with Crippen LogP contribution in [0.1, 0.15) is 39.5 Å². The van der Waals surface area contributed by atoms with Gasteiger partial charge in [0.15, 0.2) is 0 Å². The van der Waals surface area contributed by atoms with Gasteiger partial charge in [0.1, 0.15) is 0 Å². The molecule has 0 radical (unpaired) electrons. The molecule has 0 spiro atoms. The zero-order valence-corrected chi connectivity index (χ0v) is 11.2. The quantitative estimate of drug-likeness (QED) is 0.290. The summed E-state index contributed by atoms with van der Waals surface area (Å²) in [6.07, 6.45) is 3.80. The van der Waals surface area contributed by atoms with Crippen molar-refractivity contribution in [1.29, 1.82) is 0 Å². The van der Waals surface area contributed by atoms with Gasteiger partial charge in [-0.25, -0.2) is 0 Å². The Morgan fingerprint density at radius 1 is 1.19 bits per heavy atom. The third-order valence-electron chi connectivity index (χ3n) is 2.57. The Bertz CT molecular complexity index is 232.